The molecule has 1 saturated heterocycles. The number of aryl methyl sites for hydroxylation is 2. The first-order valence-electron chi connectivity index (χ1n) is 6.57. The Balaban J connectivity index is 2.11. The Bertz CT molecular complexity index is 733. The molecule has 1 N–H and O–H groups in total. The number of esters is 1. The van der Waals surface area contributed by atoms with E-state index in [1.807, 2.05) is 0 Å². The number of methoxy groups -OCH3 is 1. The molecule has 1 fully saturated rings. The van der Waals surface area contributed by atoms with E-state index >= 15 is 0 Å². The van der Waals surface area contributed by atoms with Crippen molar-refractivity contribution in [3.63, 3.8) is 0 Å². The van der Waals surface area contributed by atoms with Gasteiger partial charge in [-0.1, -0.05) is 0 Å². The van der Waals surface area contributed by atoms with Gasteiger partial charge in [-0.25, -0.2) is 9.18 Å². The molecule has 1 aromatic rings. The molecule has 0 unspecified atom stereocenters. The van der Waals surface area contributed by atoms with E-state index in [9.17, 15) is 14.0 Å². The number of halogens is 1. The van der Waals surface area contributed by atoms with Gasteiger partial charge in [0.1, 0.15) is 5.82 Å². The molecule has 120 valence electrons. The molecule has 1 amide bonds. The number of amidine groups is 1. The number of carbonyl (C=O) groups excluding carboxylic acids is 2. The minimum absolute atomic E-state index is 0.180. The van der Waals surface area contributed by atoms with Crippen LogP contribution in [0.15, 0.2) is 33.3 Å². The molecular weight excluding hydrogens is 321 g/mol. The normalized spacial score (nSPS) is 18.0. The summed E-state index contributed by atoms with van der Waals surface area (Å²) < 4.78 is 18.0. The molecule has 0 bridgehead atoms. The van der Waals surface area contributed by atoms with Crippen LogP contribution in [0.1, 0.15) is 16.7 Å². The summed E-state index contributed by atoms with van der Waals surface area (Å²) in [6, 6.07) is 3.30. The summed E-state index contributed by atoms with van der Waals surface area (Å²) in [7, 11) is 1.23. The van der Waals surface area contributed by atoms with Crippen LogP contribution in [0.4, 0.5) is 4.39 Å². The smallest absolute Gasteiger partial charge is 0.331 e. The van der Waals surface area contributed by atoms with Gasteiger partial charge in [0.15, 0.2) is 5.17 Å². The highest BCUT2D eigenvalue weighted by atomic mass is 32.2. The fourth-order valence-corrected chi connectivity index (χ4v) is 2.58. The first-order valence-corrected chi connectivity index (χ1v) is 7.39. The Morgan fingerprint density at radius 3 is 2.61 bits per heavy atom. The summed E-state index contributed by atoms with van der Waals surface area (Å²) in [6.07, 6.45) is 2.54. The third-order valence-corrected chi connectivity index (χ3v) is 3.82. The van der Waals surface area contributed by atoms with Gasteiger partial charge in [0.25, 0.3) is 5.91 Å². The number of ether oxygens (including phenoxy) is 1. The van der Waals surface area contributed by atoms with Crippen molar-refractivity contribution in [2.45, 2.75) is 13.8 Å². The minimum Gasteiger partial charge on any atom is -0.466 e. The van der Waals surface area contributed by atoms with E-state index < -0.39 is 11.9 Å². The third-order valence-electron chi connectivity index (χ3n) is 2.92. The quantitative estimate of drug-likeness (QED) is 0.397. The number of hydrogen-bond donors (Lipinski definition) is 1. The molecule has 23 heavy (non-hydrogen) atoms. The highest BCUT2D eigenvalue weighted by Crippen LogP contribution is 2.23. The summed E-state index contributed by atoms with van der Waals surface area (Å²) in [5.74, 6) is -1.31. The lowest BCUT2D eigenvalue weighted by Crippen LogP contribution is -2.19. The third kappa shape index (κ3) is 4.26. The number of thioether (sulfide) groups is 1. The first kappa shape index (κ1) is 16.9. The molecule has 8 heteroatoms. The Morgan fingerprint density at radius 1 is 1.35 bits per heavy atom. The second-order valence-corrected chi connectivity index (χ2v) is 5.74. The number of carbonyl (C=O) groups is 2. The van der Waals surface area contributed by atoms with Crippen LogP contribution in [-0.2, 0) is 14.3 Å². The van der Waals surface area contributed by atoms with Crippen LogP contribution < -0.4 is 5.32 Å². The van der Waals surface area contributed by atoms with E-state index in [2.05, 4.69) is 20.3 Å². The van der Waals surface area contributed by atoms with Gasteiger partial charge in [-0.2, -0.15) is 5.10 Å². The fraction of sp³-hybridized carbons (Fsp3) is 0.200. The molecule has 0 aromatic heterocycles. The zero-order chi connectivity index (χ0) is 17.0. The molecule has 0 saturated carbocycles. The van der Waals surface area contributed by atoms with Crippen LogP contribution in [0.25, 0.3) is 0 Å². The van der Waals surface area contributed by atoms with Crippen molar-refractivity contribution >= 4 is 35.0 Å². The molecule has 1 aliphatic heterocycles. The standard InChI is InChI=1S/C15H14FN3O3S/c1-8-4-10(5-9(2)13(8)16)7-17-19-15-18-14(21)11(23-15)6-12(20)22-3/h4-7H,1-3H3,(H,18,19,21)/b11-6+,17-7?. The van der Waals surface area contributed by atoms with Gasteiger partial charge in [-0.05, 0) is 54.4 Å². The van der Waals surface area contributed by atoms with E-state index in [-0.39, 0.29) is 15.9 Å². The maximum Gasteiger partial charge on any atom is 0.331 e. The number of benzene rings is 1. The van der Waals surface area contributed by atoms with E-state index in [0.29, 0.717) is 16.7 Å². The molecule has 0 radical (unpaired) electrons. The van der Waals surface area contributed by atoms with Crippen molar-refractivity contribution < 1.29 is 18.7 Å². The van der Waals surface area contributed by atoms with Gasteiger partial charge in [0, 0.05) is 6.08 Å². The summed E-state index contributed by atoms with van der Waals surface area (Å²) in [5, 5.41) is 10.5. The van der Waals surface area contributed by atoms with Gasteiger partial charge >= 0.3 is 5.97 Å². The van der Waals surface area contributed by atoms with Gasteiger partial charge in [0.05, 0.1) is 18.2 Å². The summed E-state index contributed by atoms with van der Waals surface area (Å²) >= 11 is 0.982. The van der Waals surface area contributed by atoms with Crippen LogP contribution in [0, 0.1) is 19.7 Å². The lowest BCUT2D eigenvalue weighted by molar-refractivity contribution is -0.135. The molecule has 2 rings (SSSR count). The highest BCUT2D eigenvalue weighted by Gasteiger charge is 2.24. The average molecular weight is 335 g/mol. The maximum atomic E-state index is 13.5. The van der Waals surface area contributed by atoms with Crippen LogP contribution in [0.2, 0.25) is 0 Å². The first-order chi connectivity index (χ1) is 10.9. The van der Waals surface area contributed by atoms with Crippen molar-refractivity contribution in [1.29, 1.82) is 0 Å². The molecule has 0 aliphatic carbocycles. The Morgan fingerprint density at radius 2 is 2.00 bits per heavy atom. The zero-order valence-corrected chi connectivity index (χ0v) is 13.5. The van der Waals surface area contributed by atoms with Gasteiger partial charge in [0.2, 0.25) is 0 Å². The number of rotatable bonds is 3. The highest BCUT2D eigenvalue weighted by molar-refractivity contribution is 8.18. The molecule has 1 aliphatic rings. The van der Waals surface area contributed by atoms with Crippen molar-refractivity contribution in [3.05, 3.63) is 45.6 Å². The SMILES string of the molecule is COC(=O)/C=C1/S/C(=N\N=Cc2cc(C)c(F)c(C)c2)NC1=O. The predicted molar refractivity (Wildman–Crippen MR) is 86.7 cm³/mol. The molecular formula is C15H14FN3O3S. The fourth-order valence-electron chi connectivity index (χ4n) is 1.84. The van der Waals surface area contributed by atoms with Crippen molar-refractivity contribution in [2.75, 3.05) is 7.11 Å². The van der Waals surface area contributed by atoms with E-state index in [0.717, 1.165) is 17.8 Å². The molecule has 1 aromatic carbocycles. The summed E-state index contributed by atoms with van der Waals surface area (Å²) in [5.41, 5.74) is 1.74. The number of nitrogens with one attached hydrogen (secondary N) is 1. The van der Waals surface area contributed by atoms with Crippen molar-refractivity contribution in [1.82, 2.24) is 5.32 Å². The Hall–Kier alpha value is -2.48. The maximum absolute atomic E-state index is 13.5. The van der Waals surface area contributed by atoms with Gasteiger partial charge in [-0.15, -0.1) is 5.10 Å². The van der Waals surface area contributed by atoms with Crippen molar-refractivity contribution in [3.8, 4) is 0 Å². The molecule has 1 heterocycles. The van der Waals surface area contributed by atoms with Crippen LogP contribution >= 0.6 is 11.8 Å². The van der Waals surface area contributed by atoms with E-state index in [4.69, 9.17) is 0 Å². The number of hydrogen-bond acceptors (Lipinski definition) is 6. The second-order valence-electron chi connectivity index (χ2n) is 4.71. The molecule has 6 nitrogen and oxygen atoms in total. The lowest BCUT2D eigenvalue weighted by atomic mass is 10.1. The van der Waals surface area contributed by atoms with Gasteiger partial charge in [-0.3, -0.25) is 10.1 Å². The predicted octanol–water partition coefficient (Wildman–Crippen LogP) is 2.05. The number of nitrogens with zero attached hydrogens (tertiary/aromatic N) is 2. The van der Waals surface area contributed by atoms with Crippen LogP contribution in [0.3, 0.4) is 0 Å². The largest absolute Gasteiger partial charge is 0.466 e. The second kappa shape index (κ2) is 7.19. The topological polar surface area (TPSA) is 80.1 Å². The van der Waals surface area contributed by atoms with Crippen LogP contribution in [0.5, 0.6) is 0 Å². The lowest BCUT2D eigenvalue weighted by Gasteiger charge is -2.01. The molecule has 0 atom stereocenters. The monoisotopic (exact) mass is 335 g/mol. The van der Waals surface area contributed by atoms with Gasteiger partial charge < -0.3 is 4.74 Å². The Labute approximate surface area is 136 Å². The van der Waals surface area contributed by atoms with E-state index in [1.165, 1.54) is 13.3 Å². The van der Waals surface area contributed by atoms with Crippen molar-refractivity contribution in [2.24, 2.45) is 10.2 Å². The van der Waals surface area contributed by atoms with Crippen LogP contribution in [-0.4, -0.2) is 30.4 Å². The van der Waals surface area contributed by atoms with E-state index in [1.54, 1.807) is 26.0 Å². The average Bonchev–Trinajstić information content (AvgIpc) is 2.84. The Kier molecular flexibility index (Phi) is 5.28. The minimum atomic E-state index is -0.621. The number of amides is 1. The summed E-state index contributed by atoms with van der Waals surface area (Å²) in [6.45, 7) is 3.34. The summed E-state index contributed by atoms with van der Waals surface area (Å²) in [4.78, 5) is 22.9. The molecule has 0 spiro atoms. The zero-order valence-electron chi connectivity index (χ0n) is 12.7.